The summed E-state index contributed by atoms with van der Waals surface area (Å²) in [5.74, 6) is -1.62. The molecule has 0 aromatic rings. The summed E-state index contributed by atoms with van der Waals surface area (Å²) in [7, 11) is -3.58. The van der Waals surface area contributed by atoms with Gasteiger partial charge in [-0.1, -0.05) is 0 Å². The van der Waals surface area contributed by atoms with Gasteiger partial charge in [0.25, 0.3) is 0 Å². The van der Waals surface area contributed by atoms with Crippen molar-refractivity contribution in [1.29, 1.82) is 5.26 Å². The molecule has 0 rings (SSSR count). The van der Waals surface area contributed by atoms with Crippen LogP contribution in [0.5, 0.6) is 0 Å². The quantitative estimate of drug-likeness (QED) is 0.638. The van der Waals surface area contributed by atoms with Crippen molar-refractivity contribution in [3.05, 3.63) is 0 Å². The van der Waals surface area contributed by atoms with Crippen LogP contribution in [0.25, 0.3) is 0 Å². The molecule has 0 aliphatic rings. The summed E-state index contributed by atoms with van der Waals surface area (Å²) in [5, 5.41) is 16.5. The first-order valence-corrected chi connectivity index (χ1v) is 5.61. The zero-order valence-electron chi connectivity index (χ0n) is 7.73. The number of carboxylic acid groups (broad SMARTS) is 1. The number of nitriles is 1. The Morgan fingerprint density at radius 1 is 1.64 bits per heavy atom. The van der Waals surface area contributed by atoms with Crippen LogP contribution < -0.4 is 4.72 Å². The summed E-state index contributed by atoms with van der Waals surface area (Å²) in [6.45, 7) is 1.54. The summed E-state index contributed by atoms with van der Waals surface area (Å²) in [6, 6.07) is 1.32. The monoisotopic (exact) mass is 220 g/mol. The molecular weight excluding hydrogens is 208 g/mol. The molecule has 0 fully saturated rings. The van der Waals surface area contributed by atoms with E-state index in [1.165, 1.54) is 0 Å². The Balaban J connectivity index is 4.09. The average molecular weight is 220 g/mol. The van der Waals surface area contributed by atoms with Crippen molar-refractivity contribution in [1.82, 2.24) is 4.72 Å². The lowest BCUT2D eigenvalue weighted by atomic mass is 10.3. The van der Waals surface area contributed by atoms with E-state index in [0.717, 1.165) is 0 Å². The maximum absolute atomic E-state index is 11.1. The van der Waals surface area contributed by atoms with Gasteiger partial charge < -0.3 is 5.11 Å². The summed E-state index contributed by atoms with van der Waals surface area (Å²) in [4.78, 5) is 10.1. The molecule has 0 bridgehead atoms. The first-order valence-electron chi connectivity index (χ1n) is 3.96. The highest BCUT2D eigenvalue weighted by Crippen LogP contribution is 1.95. The maximum Gasteiger partial charge on any atom is 0.304 e. The van der Waals surface area contributed by atoms with Crippen LogP contribution in [0.3, 0.4) is 0 Å². The molecule has 0 saturated carbocycles. The molecule has 0 aromatic heterocycles. The van der Waals surface area contributed by atoms with Crippen LogP contribution in [0.4, 0.5) is 0 Å². The van der Waals surface area contributed by atoms with E-state index < -0.39 is 34.2 Å². The topological polar surface area (TPSA) is 107 Å². The highest BCUT2D eigenvalue weighted by molar-refractivity contribution is 7.89. The van der Waals surface area contributed by atoms with E-state index in [9.17, 15) is 13.2 Å². The van der Waals surface area contributed by atoms with Crippen molar-refractivity contribution in [3.8, 4) is 6.07 Å². The molecule has 0 heterocycles. The van der Waals surface area contributed by atoms with Gasteiger partial charge in [0.05, 0.1) is 24.7 Å². The van der Waals surface area contributed by atoms with Gasteiger partial charge in [-0.05, 0) is 6.92 Å². The maximum atomic E-state index is 11.1. The fourth-order valence-corrected chi connectivity index (χ4v) is 2.02. The zero-order chi connectivity index (χ0) is 11.2. The van der Waals surface area contributed by atoms with E-state index in [0.29, 0.717) is 0 Å². The van der Waals surface area contributed by atoms with Gasteiger partial charge in [-0.3, -0.25) is 4.79 Å². The van der Waals surface area contributed by atoms with Crippen LogP contribution in [-0.4, -0.2) is 31.3 Å². The van der Waals surface area contributed by atoms with Crippen molar-refractivity contribution < 1.29 is 18.3 Å². The smallest absolute Gasteiger partial charge is 0.304 e. The van der Waals surface area contributed by atoms with Crippen molar-refractivity contribution in [3.63, 3.8) is 0 Å². The zero-order valence-corrected chi connectivity index (χ0v) is 8.54. The minimum atomic E-state index is -3.58. The Bertz CT molecular complexity index is 330. The van der Waals surface area contributed by atoms with Gasteiger partial charge >= 0.3 is 5.97 Å². The lowest BCUT2D eigenvalue weighted by molar-refractivity contribution is -0.136. The number of sulfonamides is 1. The fraction of sp³-hybridized carbons (Fsp3) is 0.714. The predicted molar refractivity (Wildman–Crippen MR) is 48.9 cm³/mol. The number of carbonyl (C=O) groups is 1. The summed E-state index contributed by atoms with van der Waals surface area (Å²) in [6.07, 6.45) is -0.374. The van der Waals surface area contributed by atoms with Gasteiger partial charge in [0.1, 0.15) is 0 Å². The molecule has 0 radical (unpaired) electrons. The molecule has 80 valence electrons. The van der Waals surface area contributed by atoms with Crippen molar-refractivity contribution >= 4 is 16.0 Å². The molecule has 0 amide bonds. The molecule has 14 heavy (non-hydrogen) atoms. The molecular formula is C7H12N2O4S. The molecule has 1 atom stereocenters. The normalized spacial score (nSPS) is 13.1. The standard InChI is InChI=1S/C7H12N2O4S/c1-6(2-4-8)9-14(12,13)5-3-7(10)11/h6,9H,2-3,5H2,1H3,(H,10,11). The third-order valence-electron chi connectivity index (χ3n) is 1.36. The lowest BCUT2D eigenvalue weighted by Gasteiger charge is -2.09. The first-order chi connectivity index (χ1) is 6.37. The number of nitrogens with zero attached hydrogens (tertiary/aromatic N) is 1. The average Bonchev–Trinajstić information content (AvgIpc) is 2.00. The van der Waals surface area contributed by atoms with E-state index in [2.05, 4.69) is 4.72 Å². The SMILES string of the molecule is CC(CC#N)NS(=O)(=O)CCC(=O)O. The van der Waals surface area contributed by atoms with E-state index in [1.807, 2.05) is 6.07 Å². The minimum absolute atomic E-state index is 0.0618. The van der Waals surface area contributed by atoms with Gasteiger partial charge in [-0.25, -0.2) is 13.1 Å². The Kier molecular flexibility index (Phi) is 5.12. The number of rotatable bonds is 6. The summed E-state index contributed by atoms with van der Waals surface area (Å²) in [5.41, 5.74) is 0. The van der Waals surface area contributed by atoms with Crippen molar-refractivity contribution in [2.75, 3.05) is 5.75 Å². The highest BCUT2D eigenvalue weighted by atomic mass is 32.2. The van der Waals surface area contributed by atoms with Crippen LogP contribution in [0.15, 0.2) is 0 Å². The van der Waals surface area contributed by atoms with Gasteiger partial charge in [-0.2, -0.15) is 5.26 Å². The Labute approximate surface area is 82.6 Å². The summed E-state index contributed by atoms with van der Waals surface area (Å²) >= 11 is 0. The molecule has 7 heteroatoms. The molecule has 6 nitrogen and oxygen atoms in total. The lowest BCUT2D eigenvalue weighted by Crippen LogP contribution is -2.34. The second-order valence-corrected chi connectivity index (χ2v) is 4.72. The van der Waals surface area contributed by atoms with E-state index in [-0.39, 0.29) is 6.42 Å². The number of nitrogens with one attached hydrogen (secondary N) is 1. The van der Waals surface area contributed by atoms with Crippen LogP contribution in [0, 0.1) is 11.3 Å². The van der Waals surface area contributed by atoms with Gasteiger partial charge in [0.2, 0.25) is 10.0 Å². The van der Waals surface area contributed by atoms with Crippen LogP contribution in [0.1, 0.15) is 19.8 Å². The Hall–Kier alpha value is -1.13. The molecule has 0 aliphatic carbocycles. The number of hydrogen-bond acceptors (Lipinski definition) is 4. The largest absolute Gasteiger partial charge is 0.481 e. The molecule has 0 aromatic carbocycles. The van der Waals surface area contributed by atoms with E-state index >= 15 is 0 Å². The second-order valence-electron chi connectivity index (χ2n) is 2.84. The van der Waals surface area contributed by atoms with Crippen LogP contribution >= 0.6 is 0 Å². The number of hydrogen-bond donors (Lipinski definition) is 2. The first kappa shape index (κ1) is 12.9. The number of aliphatic carboxylic acids is 1. The molecule has 0 spiro atoms. The van der Waals surface area contributed by atoms with E-state index in [4.69, 9.17) is 10.4 Å². The van der Waals surface area contributed by atoms with Gasteiger partial charge in [0, 0.05) is 6.04 Å². The molecule has 0 saturated heterocycles. The molecule has 1 unspecified atom stereocenters. The van der Waals surface area contributed by atoms with Gasteiger partial charge in [0.15, 0.2) is 0 Å². The minimum Gasteiger partial charge on any atom is -0.481 e. The number of carboxylic acids is 1. The highest BCUT2D eigenvalue weighted by Gasteiger charge is 2.15. The fourth-order valence-electron chi connectivity index (χ4n) is 0.766. The molecule has 2 N–H and O–H groups in total. The van der Waals surface area contributed by atoms with Crippen molar-refractivity contribution in [2.24, 2.45) is 0 Å². The predicted octanol–water partition coefficient (Wildman–Crippen LogP) is -0.317. The second kappa shape index (κ2) is 5.57. The van der Waals surface area contributed by atoms with Crippen LogP contribution in [-0.2, 0) is 14.8 Å². The van der Waals surface area contributed by atoms with E-state index in [1.54, 1.807) is 6.92 Å². The summed E-state index contributed by atoms with van der Waals surface area (Å²) < 4.78 is 24.5. The Morgan fingerprint density at radius 3 is 2.64 bits per heavy atom. The molecule has 0 aliphatic heterocycles. The van der Waals surface area contributed by atoms with Crippen LogP contribution in [0.2, 0.25) is 0 Å². The Morgan fingerprint density at radius 2 is 2.21 bits per heavy atom. The third kappa shape index (κ3) is 6.39. The van der Waals surface area contributed by atoms with Gasteiger partial charge in [-0.15, -0.1) is 0 Å². The van der Waals surface area contributed by atoms with Crippen molar-refractivity contribution in [2.45, 2.75) is 25.8 Å². The third-order valence-corrected chi connectivity index (χ3v) is 2.87.